The predicted octanol–water partition coefficient (Wildman–Crippen LogP) is 0.838. The lowest BCUT2D eigenvalue weighted by Gasteiger charge is -2.25. The van der Waals surface area contributed by atoms with Crippen LogP contribution in [-0.2, 0) is 0 Å². The molecule has 0 aliphatic carbocycles. The molecule has 0 heterocycles. The summed E-state index contributed by atoms with van der Waals surface area (Å²) < 4.78 is 0. The number of nitrogens with two attached hydrogens (primary N) is 4. The van der Waals surface area contributed by atoms with Crippen LogP contribution in [0.1, 0.15) is 0 Å². The van der Waals surface area contributed by atoms with E-state index in [1.807, 2.05) is 36.4 Å². The first-order chi connectivity index (χ1) is 8.82. The van der Waals surface area contributed by atoms with Gasteiger partial charge in [0.05, 0.1) is 22.7 Å². The highest BCUT2D eigenvalue weighted by atomic mass is 28.3. The second-order valence-electron chi connectivity index (χ2n) is 5.31. The molecule has 4 nitrogen and oxygen atoms in total. The van der Waals surface area contributed by atoms with Crippen LogP contribution in [-0.4, -0.2) is 8.07 Å². The lowest BCUT2D eigenvalue weighted by Crippen LogP contribution is -2.53. The van der Waals surface area contributed by atoms with Gasteiger partial charge in [0, 0.05) is 0 Å². The van der Waals surface area contributed by atoms with Crippen molar-refractivity contribution in [2.24, 2.45) is 0 Å². The van der Waals surface area contributed by atoms with E-state index >= 15 is 0 Å². The molecular weight excluding hydrogens is 252 g/mol. The van der Waals surface area contributed by atoms with E-state index in [-0.39, 0.29) is 0 Å². The Morgan fingerprint density at radius 3 is 1.32 bits per heavy atom. The molecular formula is C14H20N4Si. The minimum Gasteiger partial charge on any atom is -0.397 e. The maximum Gasteiger partial charge on any atom is 0.112 e. The molecule has 100 valence electrons. The van der Waals surface area contributed by atoms with Gasteiger partial charge in [0.1, 0.15) is 8.07 Å². The molecule has 0 fully saturated rings. The van der Waals surface area contributed by atoms with Gasteiger partial charge in [0.2, 0.25) is 0 Å². The van der Waals surface area contributed by atoms with Crippen LogP contribution in [0.5, 0.6) is 0 Å². The minimum atomic E-state index is -1.84. The number of nitrogen functional groups attached to an aromatic ring is 4. The molecule has 0 unspecified atom stereocenters. The van der Waals surface area contributed by atoms with Crippen molar-refractivity contribution in [2.45, 2.75) is 13.1 Å². The van der Waals surface area contributed by atoms with Gasteiger partial charge in [-0.05, 0) is 24.3 Å². The van der Waals surface area contributed by atoms with Crippen molar-refractivity contribution >= 4 is 41.2 Å². The summed E-state index contributed by atoms with van der Waals surface area (Å²) in [5.74, 6) is 0. The summed E-state index contributed by atoms with van der Waals surface area (Å²) >= 11 is 0. The third-order valence-electron chi connectivity index (χ3n) is 3.62. The predicted molar refractivity (Wildman–Crippen MR) is 87.3 cm³/mol. The van der Waals surface area contributed by atoms with Gasteiger partial charge in [-0.25, -0.2) is 0 Å². The highest BCUT2D eigenvalue weighted by Gasteiger charge is 2.26. The number of hydrogen-bond donors (Lipinski definition) is 4. The first-order valence-electron chi connectivity index (χ1n) is 6.13. The van der Waals surface area contributed by atoms with E-state index in [2.05, 4.69) is 13.1 Å². The molecule has 0 saturated carbocycles. The summed E-state index contributed by atoms with van der Waals surface area (Å²) in [6.45, 7) is 4.51. The minimum absolute atomic E-state index is 0.616. The Morgan fingerprint density at radius 2 is 1.00 bits per heavy atom. The summed E-state index contributed by atoms with van der Waals surface area (Å²) in [6.07, 6.45) is 0. The van der Waals surface area contributed by atoms with E-state index in [1.54, 1.807) is 0 Å². The second kappa shape index (κ2) is 4.51. The fraction of sp³-hybridized carbons (Fsp3) is 0.143. The molecule has 8 N–H and O–H groups in total. The zero-order valence-corrected chi connectivity index (χ0v) is 12.3. The van der Waals surface area contributed by atoms with Crippen LogP contribution in [0.3, 0.4) is 0 Å². The monoisotopic (exact) mass is 272 g/mol. The van der Waals surface area contributed by atoms with Crippen LogP contribution in [0.2, 0.25) is 13.1 Å². The molecule has 2 rings (SSSR count). The van der Waals surface area contributed by atoms with Crippen molar-refractivity contribution in [3.63, 3.8) is 0 Å². The van der Waals surface area contributed by atoms with Crippen LogP contribution < -0.4 is 33.3 Å². The molecule has 0 bridgehead atoms. The molecule has 5 heteroatoms. The van der Waals surface area contributed by atoms with Gasteiger partial charge in [-0.2, -0.15) is 0 Å². The Bertz CT molecular complexity index is 569. The second-order valence-corrected chi connectivity index (χ2v) is 9.72. The molecule has 0 aliphatic heterocycles. The van der Waals surface area contributed by atoms with Crippen molar-refractivity contribution < 1.29 is 0 Å². The zero-order chi connectivity index (χ0) is 14.2. The van der Waals surface area contributed by atoms with Gasteiger partial charge in [-0.1, -0.05) is 35.6 Å². The molecule has 0 amide bonds. The number of benzene rings is 2. The number of rotatable bonds is 2. The summed E-state index contributed by atoms with van der Waals surface area (Å²) in [6, 6.07) is 11.7. The summed E-state index contributed by atoms with van der Waals surface area (Å²) in [7, 11) is -1.84. The van der Waals surface area contributed by atoms with Gasteiger partial charge in [0.15, 0.2) is 0 Å². The normalized spacial score (nSPS) is 11.5. The van der Waals surface area contributed by atoms with E-state index in [0.717, 1.165) is 0 Å². The molecule has 0 atom stereocenters. The molecule has 0 radical (unpaired) electrons. The summed E-state index contributed by atoms with van der Waals surface area (Å²) in [4.78, 5) is 0. The Hall–Kier alpha value is -2.14. The van der Waals surface area contributed by atoms with E-state index in [9.17, 15) is 0 Å². The fourth-order valence-electron chi connectivity index (χ4n) is 2.09. The highest BCUT2D eigenvalue weighted by Crippen LogP contribution is 2.17. The Kier molecular flexibility index (Phi) is 3.16. The first-order valence-corrected chi connectivity index (χ1v) is 9.13. The molecule has 2 aromatic rings. The molecule has 2 aromatic carbocycles. The van der Waals surface area contributed by atoms with Crippen molar-refractivity contribution in [1.29, 1.82) is 0 Å². The average Bonchev–Trinajstić information content (AvgIpc) is 2.35. The maximum absolute atomic E-state index is 5.90. The number of anilines is 4. The smallest absolute Gasteiger partial charge is 0.112 e. The Morgan fingerprint density at radius 1 is 0.632 bits per heavy atom. The van der Waals surface area contributed by atoms with Crippen molar-refractivity contribution in [3.05, 3.63) is 36.4 Å². The average molecular weight is 272 g/mol. The third-order valence-corrected chi connectivity index (χ3v) is 7.13. The Labute approximate surface area is 114 Å². The van der Waals surface area contributed by atoms with E-state index in [0.29, 0.717) is 22.7 Å². The lowest BCUT2D eigenvalue weighted by molar-refractivity contribution is 1.64. The molecule has 0 saturated heterocycles. The molecule has 0 aromatic heterocycles. The van der Waals surface area contributed by atoms with Crippen LogP contribution in [0.15, 0.2) is 36.4 Å². The Balaban J connectivity index is 2.51. The van der Waals surface area contributed by atoms with E-state index in [1.165, 1.54) is 10.4 Å². The van der Waals surface area contributed by atoms with Crippen molar-refractivity contribution in [2.75, 3.05) is 22.9 Å². The van der Waals surface area contributed by atoms with Gasteiger partial charge in [0.25, 0.3) is 0 Å². The first kappa shape index (κ1) is 13.3. The largest absolute Gasteiger partial charge is 0.397 e. The van der Waals surface area contributed by atoms with Crippen LogP contribution in [0, 0.1) is 0 Å². The maximum atomic E-state index is 5.90. The van der Waals surface area contributed by atoms with Crippen molar-refractivity contribution in [3.8, 4) is 0 Å². The highest BCUT2D eigenvalue weighted by molar-refractivity contribution is 7.00. The van der Waals surface area contributed by atoms with Crippen LogP contribution >= 0.6 is 0 Å². The van der Waals surface area contributed by atoms with Gasteiger partial charge in [-0.15, -0.1) is 0 Å². The fourth-order valence-corrected chi connectivity index (χ4v) is 4.46. The topological polar surface area (TPSA) is 104 Å². The third kappa shape index (κ3) is 2.37. The molecule has 0 spiro atoms. The summed E-state index contributed by atoms with van der Waals surface area (Å²) in [5.41, 5.74) is 25.8. The van der Waals surface area contributed by atoms with Crippen LogP contribution in [0.25, 0.3) is 0 Å². The number of hydrogen-bond acceptors (Lipinski definition) is 4. The van der Waals surface area contributed by atoms with Crippen molar-refractivity contribution in [1.82, 2.24) is 0 Å². The van der Waals surface area contributed by atoms with Gasteiger partial charge in [-0.3, -0.25) is 0 Å². The van der Waals surface area contributed by atoms with Crippen LogP contribution in [0.4, 0.5) is 22.7 Å². The SMILES string of the molecule is C[Si](C)(c1ccc(N)c(N)c1)c1ccc(N)c(N)c1. The summed E-state index contributed by atoms with van der Waals surface area (Å²) in [5, 5.41) is 2.45. The zero-order valence-electron chi connectivity index (χ0n) is 11.3. The quantitative estimate of drug-likeness (QED) is 0.480. The van der Waals surface area contributed by atoms with E-state index in [4.69, 9.17) is 22.9 Å². The van der Waals surface area contributed by atoms with Gasteiger partial charge < -0.3 is 22.9 Å². The van der Waals surface area contributed by atoms with Gasteiger partial charge >= 0.3 is 0 Å². The molecule has 19 heavy (non-hydrogen) atoms. The lowest BCUT2D eigenvalue weighted by atomic mass is 10.3. The molecule has 0 aliphatic rings. The van der Waals surface area contributed by atoms with E-state index < -0.39 is 8.07 Å². The standard InChI is InChI=1S/C14H20N4Si/c1-19(2,9-3-5-11(15)13(17)7-9)10-4-6-12(16)14(18)8-10/h3-8H,15-18H2,1-2H3.